The summed E-state index contributed by atoms with van der Waals surface area (Å²) in [5.74, 6) is 0.0345. The van der Waals surface area contributed by atoms with Crippen molar-refractivity contribution in [2.45, 2.75) is 13.3 Å². The summed E-state index contributed by atoms with van der Waals surface area (Å²) in [6.07, 6.45) is 2.33. The van der Waals surface area contributed by atoms with Crippen LogP contribution in [0.1, 0.15) is 23.7 Å². The zero-order valence-electron chi connectivity index (χ0n) is 16.9. The van der Waals surface area contributed by atoms with E-state index in [1.165, 1.54) is 35.0 Å². The summed E-state index contributed by atoms with van der Waals surface area (Å²) in [7, 11) is 0. The Kier molecular flexibility index (Phi) is 5.80. The second-order valence-electron chi connectivity index (χ2n) is 6.95. The van der Waals surface area contributed by atoms with Gasteiger partial charge in [0.05, 0.1) is 12.2 Å². The van der Waals surface area contributed by atoms with Crippen molar-refractivity contribution < 1.29 is 18.7 Å². The molecule has 3 aromatic carbocycles. The van der Waals surface area contributed by atoms with Gasteiger partial charge < -0.3 is 9.47 Å². The number of pyridine rings is 1. The van der Waals surface area contributed by atoms with Crippen LogP contribution < -0.4 is 15.0 Å². The molecular formula is C25H20FNO4. The van der Waals surface area contributed by atoms with Crippen LogP contribution in [0.2, 0.25) is 0 Å². The molecule has 0 aliphatic heterocycles. The average molecular weight is 417 g/mol. The first-order valence-corrected chi connectivity index (χ1v) is 9.92. The van der Waals surface area contributed by atoms with Gasteiger partial charge in [-0.2, -0.15) is 0 Å². The van der Waals surface area contributed by atoms with Gasteiger partial charge in [0, 0.05) is 22.7 Å². The molecular weight excluding hydrogens is 397 g/mol. The van der Waals surface area contributed by atoms with Gasteiger partial charge in [0.25, 0.3) is 5.56 Å². The van der Waals surface area contributed by atoms with Crippen LogP contribution in [0.15, 0.2) is 83.8 Å². The number of halogens is 1. The van der Waals surface area contributed by atoms with Crippen molar-refractivity contribution in [2.24, 2.45) is 0 Å². The lowest BCUT2D eigenvalue weighted by atomic mass is 10.1. The molecule has 0 saturated carbocycles. The number of esters is 1. The number of rotatable bonds is 6. The van der Waals surface area contributed by atoms with Gasteiger partial charge in [0.15, 0.2) is 0 Å². The van der Waals surface area contributed by atoms with E-state index in [4.69, 9.17) is 9.47 Å². The van der Waals surface area contributed by atoms with Crippen LogP contribution in [0, 0.1) is 5.82 Å². The number of carbonyl (C=O) groups is 1. The number of carbonyl (C=O) groups excluding carboxylic acids is 1. The maximum absolute atomic E-state index is 13.3. The van der Waals surface area contributed by atoms with Gasteiger partial charge in [-0.3, -0.25) is 9.36 Å². The van der Waals surface area contributed by atoms with Gasteiger partial charge in [-0.25, -0.2) is 9.18 Å². The number of ether oxygens (including phenoxy) is 2. The molecule has 4 aromatic rings. The molecule has 31 heavy (non-hydrogen) atoms. The van der Waals surface area contributed by atoms with Crippen LogP contribution in [0.5, 0.6) is 11.5 Å². The van der Waals surface area contributed by atoms with E-state index < -0.39 is 11.8 Å². The third-order valence-corrected chi connectivity index (χ3v) is 4.76. The lowest BCUT2D eigenvalue weighted by molar-refractivity contribution is 0.0736. The topological polar surface area (TPSA) is 57.5 Å². The smallest absolute Gasteiger partial charge is 0.345 e. The Hall–Kier alpha value is -3.93. The molecule has 4 rings (SSSR count). The lowest BCUT2D eigenvalue weighted by Crippen LogP contribution is -2.22. The van der Waals surface area contributed by atoms with Gasteiger partial charge in [-0.05, 0) is 61.0 Å². The first-order valence-electron chi connectivity index (χ1n) is 9.92. The second kappa shape index (κ2) is 8.83. The van der Waals surface area contributed by atoms with Crippen LogP contribution in [-0.2, 0) is 0 Å². The highest BCUT2D eigenvalue weighted by Crippen LogP contribution is 2.22. The molecule has 6 heteroatoms. The molecule has 0 aliphatic carbocycles. The summed E-state index contributed by atoms with van der Waals surface area (Å²) < 4.78 is 25.7. The van der Waals surface area contributed by atoms with Crippen LogP contribution in [0.25, 0.3) is 16.5 Å². The quantitative estimate of drug-likeness (QED) is 0.322. The van der Waals surface area contributed by atoms with Crippen LogP contribution in [0.4, 0.5) is 4.39 Å². The average Bonchev–Trinajstić information content (AvgIpc) is 2.80. The Morgan fingerprint density at radius 1 is 0.903 bits per heavy atom. The van der Waals surface area contributed by atoms with Crippen molar-refractivity contribution in [3.05, 3.63) is 101 Å². The predicted molar refractivity (Wildman–Crippen MR) is 117 cm³/mol. The fourth-order valence-corrected chi connectivity index (χ4v) is 3.23. The van der Waals surface area contributed by atoms with Crippen molar-refractivity contribution >= 4 is 16.7 Å². The van der Waals surface area contributed by atoms with Crippen LogP contribution >= 0.6 is 0 Å². The minimum Gasteiger partial charge on any atom is -0.494 e. The van der Waals surface area contributed by atoms with E-state index in [9.17, 15) is 14.0 Å². The Morgan fingerprint density at radius 2 is 1.55 bits per heavy atom. The van der Waals surface area contributed by atoms with Gasteiger partial charge in [-0.15, -0.1) is 0 Å². The number of fused-ring (bicyclic) bond motifs is 1. The number of aromatic nitrogens is 1. The highest BCUT2D eigenvalue weighted by Gasteiger charge is 2.17. The summed E-state index contributed by atoms with van der Waals surface area (Å²) in [5.41, 5.74) is 0.366. The first kappa shape index (κ1) is 20.3. The molecule has 156 valence electrons. The second-order valence-corrected chi connectivity index (χ2v) is 6.95. The fourth-order valence-electron chi connectivity index (χ4n) is 3.23. The molecule has 0 fully saturated rings. The molecule has 0 aliphatic rings. The van der Waals surface area contributed by atoms with E-state index in [1.54, 1.807) is 48.5 Å². The summed E-state index contributed by atoms with van der Waals surface area (Å²) >= 11 is 0. The molecule has 0 unspecified atom stereocenters. The van der Waals surface area contributed by atoms with E-state index in [2.05, 4.69) is 0 Å². The molecule has 0 bridgehead atoms. The normalized spacial score (nSPS) is 10.8. The van der Waals surface area contributed by atoms with Crippen molar-refractivity contribution in [3.8, 4) is 17.2 Å². The molecule has 0 N–H and O–H groups in total. The van der Waals surface area contributed by atoms with Gasteiger partial charge >= 0.3 is 5.97 Å². The number of nitrogens with zero attached hydrogens (tertiary/aromatic N) is 1. The third kappa shape index (κ3) is 4.33. The van der Waals surface area contributed by atoms with E-state index in [0.717, 1.165) is 6.42 Å². The summed E-state index contributed by atoms with van der Waals surface area (Å²) in [6, 6.07) is 19.1. The number of hydrogen-bond acceptors (Lipinski definition) is 4. The van der Waals surface area contributed by atoms with Crippen molar-refractivity contribution in [3.63, 3.8) is 0 Å². The monoisotopic (exact) mass is 417 g/mol. The van der Waals surface area contributed by atoms with Crippen molar-refractivity contribution in [1.82, 2.24) is 4.57 Å². The zero-order chi connectivity index (χ0) is 21.8. The Morgan fingerprint density at radius 3 is 2.23 bits per heavy atom. The molecule has 0 atom stereocenters. The van der Waals surface area contributed by atoms with E-state index in [0.29, 0.717) is 34.6 Å². The highest BCUT2D eigenvalue weighted by atomic mass is 19.1. The Balaban J connectivity index is 1.72. The standard InChI is InChI=1S/C25H20FNO4/c1-2-15-30-19-11-13-20(14-12-19)31-25(29)23-16-27(18-9-7-17(26)8-10-18)24(28)22-6-4-3-5-21(22)23/h3-14,16H,2,15H2,1H3. The molecule has 5 nitrogen and oxygen atoms in total. The molecule has 0 radical (unpaired) electrons. The van der Waals surface area contributed by atoms with Crippen LogP contribution in [0.3, 0.4) is 0 Å². The molecule has 0 spiro atoms. The van der Waals surface area contributed by atoms with Crippen molar-refractivity contribution in [2.75, 3.05) is 6.61 Å². The minimum absolute atomic E-state index is 0.228. The highest BCUT2D eigenvalue weighted by molar-refractivity contribution is 6.04. The number of benzene rings is 3. The molecule has 1 aromatic heterocycles. The summed E-state index contributed by atoms with van der Waals surface area (Å²) in [4.78, 5) is 26.0. The van der Waals surface area contributed by atoms with Gasteiger partial charge in [-0.1, -0.05) is 25.1 Å². The van der Waals surface area contributed by atoms with E-state index in [-0.39, 0.29) is 11.1 Å². The number of hydrogen-bond donors (Lipinski definition) is 0. The van der Waals surface area contributed by atoms with Gasteiger partial charge in [0.2, 0.25) is 0 Å². The minimum atomic E-state index is -0.603. The lowest BCUT2D eigenvalue weighted by Gasteiger charge is -2.12. The van der Waals surface area contributed by atoms with Crippen molar-refractivity contribution in [1.29, 1.82) is 0 Å². The Bertz CT molecular complexity index is 1280. The van der Waals surface area contributed by atoms with Gasteiger partial charge in [0.1, 0.15) is 17.3 Å². The maximum Gasteiger partial charge on any atom is 0.345 e. The first-order chi connectivity index (χ1) is 15.1. The molecule has 0 saturated heterocycles. The predicted octanol–water partition coefficient (Wildman–Crippen LogP) is 5.14. The maximum atomic E-state index is 13.3. The van der Waals surface area contributed by atoms with Crippen LogP contribution in [-0.4, -0.2) is 17.1 Å². The summed E-state index contributed by atoms with van der Waals surface area (Å²) in [6.45, 7) is 2.63. The zero-order valence-corrected chi connectivity index (χ0v) is 16.9. The molecule has 0 amide bonds. The Labute approximate surface area is 178 Å². The SMILES string of the molecule is CCCOc1ccc(OC(=O)c2cn(-c3ccc(F)cc3)c(=O)c3ccccc23)cc1. The molecule has 1 heterocycles. The third-order valence-electron chi connectivity index (χ3n) is 4.76. The van der Waals surface area contributed by atoms with E-state index >= 15 is 0 Å². The fraction of sp³-hybridized carbons (Fsp3) is 0.120. The van der Waals surface area contributed by atoms with E-state index in [1.807, 2.05) is 6.92 Å². The largest absolute Gasteiger partial charge is 0.494 e. The summed E-state index contributed by atoms with van der Waals surface area (Å²) in [5, 5.41) is 0.850.